The van der Waals surface area contributed by atoms with Crippen molar-refractivity contribution < 1.29 is 4.74 Å². The Hall–Kier alpha value is -2.26. The van der Waals surface area contributed by atoms with Gasteiger partial charge in [0.15, 0.2) is 0 Å². The largest absolute Gasteiger partial charge is 0.494 e. The van der Waals surface area contributed by atoms with E-state index in [-0.39, 0.29) is 0 Å². The second kappa shape index (κ2) is 6.47. The van der Waals surface area contributed by atoms with Crippen LogP contribution in [0.5, 0.6) is 5.75 Å². The van der Waals surface area contributed by atoms with Crippen molar-refractivity contribution in [2.45, 2.75) is 20.8 Å². The molecule has 0 saturated carbocycles. The zero-order valence-electron chi connectivity index (χ0n) is 13.5. The minimum atomic E-state index is 0.643. The monoisotopic (exact) mass is 326 g/mol. The molecule has 23 heavy (non-hydrogen) atoms. The second-order valence-corrected chi connectivity index (χ2v) is 5.92. The lowest BCUT2D eigenvalue weighted by Gasteiger charge is -2.13. The topological polar surface area (TPSA) is 34.1 Å². The number of halogens is 1. The third-order valence-corrected chi connectivity index (χ3v) is 4.08. The van der Waals surface area contributed by atoms with E-state index in [1.54, 1.807) is 0 Å². The van der Waals surface area contributed by atoms with Crippen LogP contribution in [-0.4, -0.2) is 11.6 Å². The summed E-state index contributed by atoms with van der Waals surface area (Å²) in [6, 6.07) is 13.9. The molecule has 0 aliphatic rings. The van der Waals surface area contributed by atoms with Gasteiger partial charge in [-0.25, -0.2) is 0 Å². The van der Waals surface area contributed by atoms with Crippen molar-refractivity contribution in [3.8, 4) is 5.75 Å². The normalized spacial score (nSPS) is 10.8. The van der Waals surface area contributed by atoms with Crippen molar-refractivity contribution >= 4 is 33.9 Å². The molecule has 0 amide bonds. The highest BCUT2D eigenvalue weighted by Crippen LogP contribution is 2.30. The van der Waals surface area contributed by atoms with Gasteiger partial charge >= 0.3 is 0 Å². The fourth-order valence-corrected chi connectivity index (χ4v) is 2.69. The molecular weight excluding hydrogens is 308 g/mol. The van der Waals surface area contributed by atoms with Gasteiger partial charge < -0.3 is 10.1 Å². The molecule has 0 aliphatic carbocycles. The van der Waals surface area contributed by atoms with Gasteiger partial charge in [0.05, 0.1) is 12.1 Å². The Balaban J connectivity index is 2.07. The number of aromatic nitrogens is 1. The smallest absolute Gasteiger partial charge is 0.120 e. The first-order valence-electron chi connectivity index (χ1n) is 7.64. The molecule has 3 aromatic rings. The van der Waals surface area contributed by atoms with Crippen LogP contribution < -0.4 is 10.1 Å². The summed E-state index contributed by atoms with van der Waals surface area (Å²) in [7, 11) is 0. The molecule has 1 aromatic heterocycles. The molecule has 0 bridgehead atoms. The van der Waals surface area contributed by atoms with Gasteiger partial charge in [-0.05, 0) is 68.8 Å². The summed E-state index contributed by atoms with van der Waals surface area (Å²) in [5.74, 6) is 0.848. The molecule has 4 heteroatoms. The number of hydrogen-bond donors (Lipinski definition) is 1. The molecule has 1 N–H and O–H groups in total. The van der Waals surface area contributed by atoms with Gasteiger partial charge in [0.2, 0.25) is 0 Å². The number of nitrogens with zero attached hydrogens (tertiary/aromatic N) is 1. The Morgan fingerprint density at radius 2 is 1.91 bits per heavy atom. The van der Waals surface area contributed by atoms with Crippen LogP contribution >= 0.6 is 11.6 Å². The molecule has 0 saturated heterocycles. The van der Waals surface area contributed by atoms with Crippen molar-refractivity contribution in [1.82, 2.24) is 4.98 Å². The lowest BCUT2D eigenvalue weighted by atomic mass is 10.1. The average molecular weight is 327 g/mol. The first-order chi connectivity index (χ1) is 11.1. The lowest BCUT2D eigenvalue weighted by molar-refractivity contribution is 0.340. The molecule has 118 valence electrons. The first-order valence-corrected chi connectivity index (χ1v) is 8.02. The maximum Gasteiger partial charge on any atom is 0.120 e. The van der Waals surface area contributed by atoms with Crippen LogP contribution in [0.4, 0.5) is 11.4 Å². The number of hydrogen-bond acceptors (Lipinski definition) is 3. The van der Waals surface area contributed by atoms with Crippen molar-refractivity contribution in [1.29, 1.82) is 0 Å². The maximum atomic E-state index is 6.11. The number of anilines is 2. The van der Waals surface area contributed by atoms with E-state index in [1.165, 1.54) is 0 Å². The van der Waals surface area contributed by atoms with Crippen LogP contribution in [0.25, 0.3) is 10.9 Å². The fourth-order valence-electron chi connectivity index (χ4n) is 2.58. The SMILES string of the molecule is CCOc1ccc2nc(C)cc(Nc3ccc(Cl)c(C)c3)c2c1. The van der Waals surface area contributed by atoms with Crippen LogP contribution in [0.3, 0.4) is 0 Å². The zero-order chi connectivity index (χ0) is 16.4. The van der Waals surface area contributed by atoms with E-state index in [1.807, 2.05) is 63.2 Å². The van der Waals surface area contributed by atoms with E-state index in [4.69, 9.17) is 16.3 Å². The van der Waals surface area contributed by atoms with E-state index >= 15 is 0 Å². The van der Waals surface area contributed by atoms with Gasteiger partial charge in [0, 0.05) is 27.5 Å². The number of benzene rings is 2. The molecule has 0 unspecified atom stereocenters. The van der Waals surface area contributed by atoms with E-state index in [0.29, 0.717) is 6.61 Å². The first kappa shape index (κ1) is 15.6. The minimum absolute atomic E-state index is 0.643. The van der Waals surface area contributed by atoms with E-state index in [9.17, 15) is 0 Å². The number of nitrogens with one attached hydrogen (secondary N) is 1. The standard InChI is InChI=1S/C19H19ClN2O/c1-4-23-15-6-8-18-16(11-15)19(10-13(3)21-18)22-14-5-7-17(20)12(2)9-14/h5-11H,4H2,1-3H3,(H,21,22). The van der Waals surface area contributed by atoms with Gasteiger partial charge in [-0.3, -0.25) is 4.98 Å². The lowest BCUT2D eigenvalue weighted by Crippen LogP contribution is -1.97. The summed E-state index contributed by atoms with van der Waals surface area (Å²) in [5, 5.41) is 5.28. The van der Waals surface area contributed by atoms with Gasteiger partial charge in [0.25, 0.3) is 0 Å². The quantitative estimate of drug-likeness (QED) is 0.673. The number of aryl methyl sites for hydroxylation is 2. The Bertz CT molecular complexity index is 861. The predicted molar refractivity (Wildman–Crippen MR) is 97.1 cm³/mol. The Morgan fingerprint density at radius 3 is 2.65 bits per heavy atom. The Labute approximate surface area is 141 Å². The Kier molecular flexibility index (Phi) is 4.39. The van der Waals surface area contributed by atoms with Gasteiger partial charge in [-0.1, -0.05) is 11.6 Å². The van der Waals surface area contributed by atoms with E-state index < -0.39 is 0 Å². The number of pyridine rings is 1. The van der Waals surface area contributed by atoms with Crippen molar-refractivity contribution in [3.63, 3.8) is 0 Å². The van der Waals surface area contributed by atoms with Gasteiger partial charge in [-0.15, -0.1) is 0 Å². The Morgan fingerprint density at radius 1 is 1.09 bits per heavy atom. The van der Waals surface area contributed by atoms with Crippen molar-refractivity contribution in [2.24, 2.45) is 0 Å². The minimum Gasteiger partial charge on any atom is -0.494 e. The summed E-state index contributed by atoms with van der Waals surface area (Å²) in [4.78, 5) is 4.59. The number of rotatable bonds is 4. The van der Waals surface area contributed by atoms with Gasteiger partial charge in [-0.2, -0.15) is 0 Å². The average Bonchev–Trinajstić information content (AvgIpc) is 2.52. The number of ether oxygens (including phenoxy) is 1. The molecule has 3 rings (SSSR count). The molecule has 0 radical (unpaired) electrons. The highest BCUT2D eigenvalue weighted by Gasteiger charge is 2.07. The highest BCUT2D eigenvalue weighted by atomic mass is 35.5. The maximum absolute atomic E-state index is 6.11. The van der Waals surface area contributed by atoms with Crippen LogP contribution in [-0.2, 0) is 0 Å². The molecule has 0 fully saturated rings. The molecular formula is C19H19ClN2O. The molecule has 1 heterocycles. The summed E-state index contributed by atoms with van der Waals surface area (Å²) in [6.45, 7) is 6.61. The molecule has 0 atom stereocenters. The number of fused-ring (bicyclic) bond motifs is 1. The van der Waals surface area contributed by atoms with E-state index in [0.717, 1.165) is 44.3 Å². The van der Waals surface area contributed by atoms with Crippen LogP contribution in [0.2, 0.25) is 5.02 Å². The molecule has 0 spiro atoms. The summed E-state index contributed by atoms with van der Waals surface area (Å²) < 4.78 is 5.61. The van der Waals surface area contributed by atoms with Crippen molar-refractivity contribution in [3.05, 3.63) is 58.7 Å². The third kappa shape index (κ3) is 3.40. The summed E-state index contributed by atoms with van der Waals surface area (Å²) >= 11 is 6.11. The van der Waals surface area contributed by atoms with Crippen LogP contribution in [0.1, 0.15) is 18.2 Å². The third-order valence-electron chi connectivity index (χ3n) is 3.66. The molecule has 3 nitrogen and oxygen atoms in total. The van der Waals surface area contributed by atoms with E-state index in [2.05, 4.69) is 10.3 Å². The molecule has 2 aromatic carbocycles. The highest BCUT2D eigenvalue weighted by molar-refractivity contribution is 6.31. The summed E-state index contributed by atoms with van der Waals surface area (Å²) in [5.41, 5.74) is 4.97. The molecule has 0 aliphatic heterocycles. The van der Waals surface area contributed by atoms with Crippen molar-refractivity contribution in [2.75, 3.05) is 11.9 Å². The van der Waals surface area contributed by atoms with Gasteiger partial charge in [0.1, 0.15) is 5.75 Å². The van der Waals surface area contributed by atoms with Crippen LogP contribution in [0.15, 0.2) is 42.5 Å². The summed E-state index contributed by atoms with van der Waals surface area (Å²) in [6.07, 6.45) is 0. The van der Waals surface area contributed by atoms with Crippen LogP contribution in [0, 0.1) is 13.8 Å². The second-order valence-electron chi connectivity index (χ2n) is 5.51. The zero-order valence-corrected chi connectivity index (χ0v) is 14.2. The fraction of sp³-hybridized carbons (Fsp3) is 0.211. The predicted octanol–water partition coefficient (Wildman–Crippen LogP) is 5.65.